The largest absolute Gasteiger partial charge is 0.412 e. The summed E-state index contributed by atoms with van der Waals surface area (Å²) in [5.41, 5.74) is 0.696. The Hall–Kier alpha value is -2.10. The summed E-state index contributed by atoms with van der Waals surface area (Å²) in [5, 5.41) is 3.61. The molecule has 2 rings (SSSR count). The number of hydrogen-bond donors (Lipinski definition) is 1. The van der Waals surface area contributed by atoms with Crippen LogP contribution in [-0.4, -0.2) is 17.6 Å². The summed E-state index contributed by atoms with van der Waals surface area (Å²) in [6, 6.07) is 9.29. The molecule has 1 aromatic heterocycles. The van der Waals surface area contributed by atoms with Crippen molar-refractivity contribution >= 4 is 17.0 Å². The Morgan fingerprint density at radius 1 is 1.35 bits per heavy atom. The first-order valence-electron chi connectivity index (χ1n) is 5.60. The second kappa shape index (κ2) is 5.30. The molecule has 2 aromatic rings. The lowest BCUT2D eigenvalue weighted by Crippen LogP contribution is -2.27. The molecule has 0 unspecified atom stereocenters. The number of para-hydroxylation sites is 1. The van der Waals surface area contributed by atoms with Gasteiger partial charge in [0.1, 0.15) is 5.52 Å². The van der Waals surface area contributed by atoms with Crippen LogP contribution in [-0.2, 0) is 0 Å². The molecule has 88 valence electrons. The maximum absolute atomic E-state index is 11.5. The van der Waals surface area contributed by atoms with Gasteiger partial charge in [0, 0.05) is 18.1 Å². The Morgan fingerprint density at radius 2 is 2.18 bits per heavy atom. The van der Waals surface area contributed by atoms with Crippen LogP contribution in [0.5, 0.6) is 5.75 Å². The Morgan fingerprint density at radius 3 is 3.00 bits per heavy atom. The van der Waals surface area contributed by atoms with Gasteiger partial charge >= 0.3 is 6.09 Å². The molecule has 1 aromatic carbocycles. The molecule has 0 aliphatic rings. The second-order valence-electron chi connectivity index (χ2n) is 3.65. The van der Waals surface area contributed by atoms with E-state index in [1.165, 1.54) is 0 Å². The van der Waals surface area contributed by atoms with Crippen molar-refractivity contribution in [3.05, 3.63) is 36.5 Å². The zero-order valence-corrected chi connectivity index (χ0v) is 9.64. The minimum atomic E-state index is -0.440. The van der Waals surface area contributed by atoms with Gasteiger partial charge in [-0.1, -0.05) is 25.1 Å². The monoisotopic (exact) mass is 230 g/mol. The number of nitrogens with one attached hydrogen (secondary N) is 1. The predicted octanol–water partition coefficient (Wildman–Crippen LogP) is 2.73. The van der Waals surface area contributed by atoms with Crippen molar-refractivity contribution in [2.75, 3.05) is 6.54 Å². The van der Waals surface area contributed by atoms with E-state index in [0.717, 1.165) is 11.8 Å². The molecule has 0 saturated heterocycles. The van der Waals surface area contributed by atoms with E-state index in [-0.39, 0.29) is 0 Å². The number of carbonyl (C=O) groups excluding carboxylic acids is 1. The van der Waals surface area contributed by atoms with E-state index in [4.69, 9.17) is 4.74 Å². The zero-order valence-electron chi connectivity index (χ0n) is 9.64. The zero-order chi connectivity index (χ0) is 12.1. The average Bonchev–Trinajstić information content (AvgIpc) is 2.37. The maximum Gasteiger partial charge on any atom is 0.412 e. The molecule has 4 nitrogen and oxygen atoms in total. The van der Waals surface area contributed by atoms with E-state index in [9.17, 15) is 4.79 Å². The number of benzene rings is 1. The van der Waals surface area contributed by atoms with E-state index < -0.39 is 6.09 Å². The summed E-state index contributed by atoms with van der Waals surface area (Å²) in [4.78, 5) is 15.7. The molecule has 0 saturated carbocycles. The molecule has 1 heterocycles. The fourth-order valence-electron chi connectivity index (χ4n) is 1.52. The van der Waals surface area contributed by atoms with Gasteiger partial charge < -0.3 is 10.1 Å². The molecule has 4 heteroatoms. The normalized spacial score (nSPS) is 10.2. The van der Waals surface area contributed by atoms with Gasteiger partial charge in [-0.3, -0.25) is 4.98 Å². The molecule has 0 radical (unpaired) electrons. The van der Waals surface area contributed by atoms with Crippen molar-refractivity contribution in [3.63, 3.8) is 0 Å². The number of hydrogen-bond acceptors (Lipinski definition) is 3. The topological polar surface area (TPSA) is 51.2 Å². The highest BCUT2D eigenvalue weighted by Crippen LogP contribution is 2.22. The molecule has 0 bridgehead atoms. The van der Waals surface area contributed by atoms with Crippen LogP contribution in [0.2, 0.25) is 0 Å². The summed E-state index contributed by atoms with van der Waals surface area (Å²) >= 11 is 0. The first-order chi connectivity index (χ1) is 8.31. The molecular formula is C13H14N2O2. The van der Waals surface area contributed by atoms with E-state index in [1.807, 2.05) is 31.2 Å². The number of nitrogens with zero attached hydrogens (tertiary/aromatic N) is 1. The predicted molar refractivity (Wildman–Crippen MR) is 66.1 cm³/mol. The summed E-state index contributed by atoms with van der Waals surface area (Å²) in [6.07, 6.45) is 2.12. The third-order valence-corrected chi connectivity index (χ3v) is 2.32. The van der Waals surface area contributed by atoms with Gasteiger partial charge in [-0.05, 0) is 18.6 Å². The maximum atomic E-state index is 11.5. The molecule has 0 aliphatic heterocycles. The van der Waals surface area contributed by atoms with Crippen LogP contribution in [0, 0.1) is 0 Å². The molecule has 1 N–H and O–H groups in total. The van der Waals surface area contributed by atoms with Crippen LogP contribution in [0.1, 0.15) is 13.3 Å². The van der Waals surface area contributed by atoms with E-state index in [0.29, 0.717) is 17.8 Å². The Kier molecular flexibility index (Phi) is 3.55. The SMILES string of the molecule is CCCNC(=O)Oc1cccc2cccnc12. The van der Waals surface area contributed by atoms with E-state index in [1.54, 1.807) is 12.3 Å². The minimum Gasteiger partial charge on any atom is -0.408 e. The minimum absolute atomic E-state index is 0.440. The summed E-state index contributed by atoms with van der Waals surface area (Å²) in [6.45, 7) is 2.59. The van der Waals surface area contributed by atoms with Gasteiger partial charge in [0.15, 0.2) is 5.75 Å². The van der Waals surface area contributed by atoms with Crippen molar-refractivity contribution in [2.45, 2.75) is 13.3 Å². The fraction of sp³-hybridized carbons (Fsp3) is 0.231. The Balaban J connectivity index is 2.21. The summed E-state index contributed by atoms with van der Waals surface area (Å²) in [7, 11) is 0. The van der Waals surface area contributed by atoms with E-state index >= 15 is 0 Å². The smallest absolute Gasteiger partial charge is 0.408 e. The first kappa shape index (κ1) is 11.4. The number of rotatable bonds is 3. The third kappa shape index (κ3) is 2.72. The van der Waals surface area contributed by atoms with Crippen LogP contribution in [0.15, 0.2) is 36.5 Å². The molecule has 1 amide bonds. The molecule has 0 fully saturated rings. The molecular weight excluding hydrogens is 216 g/mol. The molecule has 0 aliphatic carbocycles. The summed E-state index contributed by atoms with van der Waals surface area (Å²) < 4.78 is 5.22. The highest BCUT2D eigenvalue weighted by Gasteiger charge is 2.07. The second-order valence-corrected chi connectivity index (χ2v) is 3.65. The van der Waals surface area contributed by atoms with Crippen molar-refractivity contribution < 1.29 is 9.53 Å². The highest BCUT2D eigenvalue weighted by atomic mass is 16.6. The lowest BCUT2D eigenvalue weighted by molar-refractivity contribution is 0.201. The number of pyridine rings is 1. The number of amides is 1. The number of aromatic nitrogens is 1. The fourth-order valence-corrected chi connectivity index (χ4v) is 1.52. The van der Waals surface area contributed by atoms with Crippen LogP contribution >= 0.6 is 0 Å². The standard InChI is InChI=1S/C13H14N2O2/c1-2-8-15-13(16)17-11-7-3-5-10-6-4-9-14-12(10)11/h3-7,9H,2,8H2,1H3,(H,15,16). The lowest BCUT2D eigenvalue weighted by Gasteiger charge is -2.07. The van der Waals surface area contributed by atoms with Crippen molar-refractivity contribution in [1.29, 1.82) is 0 Å². The number of ether oxygens (including phenoxy) is 1. The Labute approximate surface area is 99.6 Å². The molecule has 0 atom stereocenters. The average molecular weight is 230 g/mol. The lowest BCUT2D eigenvalue weighted by atomic mass is 10.2. The van der Waals surface area contributed by atoms with Gasteiger partial charge in [0.05, 0.1) is 0 Å². The van der Waals surface area contributed by atoms with Gasteiger partial charge in [0.25, 0.3) is 0 Å². The van der Waals surface area contributed by atoms with Gasteiger partial charge in [-0.2, -0.15) is 0 Å². The molecule has 0 spiro atoms. The quantitative estimate of drug-likeness (QED) is 0.882. The van der Waals surface area contributed by atoms with Gasteiger partial charge in [-0.15, -0.1) is 0 Å². The van der Waals surface area contributed by atoms with Crippen LogP contribution in [0.3, 0.4) is 0 Å². The van der Waals surface area contributed by atoms with Crippen LogP contribution in [0.4, 0.5) is 4.79 Å². The van der Waals surface area contributed by atoms with E-state index in [2.05, 4.69) is 10.3 Å². The number of fused-ring (bicyclic) bond motifs is 1. The van der Waals surface area contributed by atoms with Gasteiger partial charge in [0.2, 0.25) is 0 Å². The van der Waals surface area contributed by atoms with Gasteiger partial charge in [-0.25, -0.2) is 4.79 Å². The molecule has 17 heavy (non-hydrogen) atoms. The highest BCUT2D eigenvalue weighted by molar-refractivity contribution is 5.86. The first-order valence-corrected chi connectivity index (χ1v) is 5.60. The number of carbonyl (C=O) groups is 1. The van der Waals surface area contributed by atoms with Crippen molar-refractivity contribution in [1.82, 2.24) is 10.3 Å². The van der Waals surface area contributed by atoms with Crippen molar-refractivity contribution in [3.8, 4) is 5.75 Å². The van der Waals surface area contributed by atoms with Crippen LogP contribution < -0.4 is 10.1 Å². The van der Waals surface area contributed by atoms with Crippen molar-refractivity contribution in [2.24, 2.45) is 0 Å². The van der Waals surface area contributed by atoms with Crippen LogP contribution in [0.25, 0.3) is 10.9 Å². The summed E-state index contributed by atoms with van der Waals surface area (Å²) in [5.74, 6) is 0.483. The Bertz CT molecular complexity index is 520. The third-order valence-electron chi connectivity index (χ3n) is 2.32.